The summed E-state index contributed by atoms with van der Waals surface area (Å²) in [5.74, 6) is -3.71. The van der Waals surface area contributed by atoms with Crippen molar-refractivity contribution in [2.75, 3.05) is 10.0 Å². The SMILES string of the molecule is CC(C)(C)CC1N[C@@H](C(=O)Nc2ccc(NS(=O)C(F)(F)F)cc2)C(c2cccc(Cl)c2F)[C@@]1(C#N)c1ccc(Cl)cc1F. The van der Waals surface area contributed by atoms with E-state index in [1.165, 1.54) is 54.6 Å². The lowest BCUT2D eigenvalue weighted by Crippen LogP contribution is -2.45. The number of carbonyl (C=O) groups is 1. The van der Waals surface area contributed by atoms with Crippen LogP contribution >= 0.6 is 23.2 Å². The van der Waals surface area contributed by atoms with E-state index in [2.05, 4.69) is 16.7 Å². The molecular formula is C30H27Cl2F5N4O2S. The molecule has 14 heteroatoms. The molecule has 4 rings (SSSR count). The molecule has 0 saturated carbocycles. The molecule has 1 aliphatic rings. The van der Waals surface area contributed by atoms with Crippen molar-refractivity contribution >= 4 is 51.5 Å². The van der Waals surface area contributed by atoms with E-state index in [-0.39, 0.29) is 39.0 Å². The van der Waals surface area contributed by atoms with Crippen molar-refractivity contribution in [3.8, 4) is 6.07 Å². The lowest BCUT2D eigenvalue weighted by Gasteiger charge is -2.37. The van der Waals surface area contributed by atoms with Crippen LogP contribution in [-0.2, 0) is 21.2 Å². The van der Waals surface area contributed by atoms with E-state index in [0.29, 0.717) is 0 Å². The first-order valence-corrected chi connectivity index (χ1v) is 15.1. The summed E-state index contributed by atoms with van der Waals surface area (Å²) in [6, 6.07) is 13.0. The minimum absolute atomic E-state index is 0.0782. The quantitative estimate of drug-likeness (QED) is 0.223. The highest BCUT2D eigenvalue weighted by molar-refractivity contribution is 7.87. The fourth-order valence-electron chi connectivity index (χ4n) is 5.56. The summed E-state index contributed by atoms with van der Waals surface area (Å²) < 4.78 is 82.6. The number of benzene rings is 3. The molecule has 0 aromatic heterocycles. The Balaban J connectivity index is 1.82. The van der Waals surface area contributed by atoms with Crippen molar-refractivity contribution in [2.45, 2.75) is 56.1 Å². The molecule has 0 bridgehead atoms. The van der Waals surface area contributed by atoms with Crippen LogP contribution < -0.4 is 15.4 Å². The van der Waals surface area contributed by atoms with Crippen molar-refractivity contribution < 1.29 is 31.0 Å². The standard InChI is InChI=1S/C30H27Cl2F5N4O2S/c1-28(2,3)14-23-29(15-38,20-12-7-16(31)13-22(20)33)24(19-5-4-6-21(32)25(19)34)26(40-23)27(42)39-17-8-10-18(11-9-17)41-44(43)30(35,36)37/h4-13,23-24,26,40-41H,14H2,1-3H3,(H,39,42)/t23?,24?,26-,29+,44?/m1/s1. The van der Waals surface area contributed by atoms with Crippen LogP contribution in [0, 0.1) is 28.4 Å². The normalized spacial score (nSPS) is 22.7. The molecule has 3 aromatic carbocycles. The van der Waals surface area contributed by atoms with Gasteiger partial charge in [0.25, 0.3) is 0 Å². The van der Waals surface area contributed by atoms with Crippen LogP contribution in [0.4, 0.5) is 33.3 Å². The zero-order chi connectivity index (χ0) is 32.6. The van der Waals surface area contributed by atoms with Crippen LogP contribution in [0.3, 0.4) is 0 Å². The summed E-state index contributed by atoms with van der Waals surface area (Å²) in [5.41, 5.74) is -7.40. The van der Waals surface area contributed by atoms with Gasteiger partial charge in [-0.15, -0.1) is 0 Å². The van der Waals surface area contributed by atoms with E-state index in [9.17, 15) is 27.4 Å². The van der Waals surface area contributed by atoms with Gasteiger partial charge in [-0.1, -0.05) is 62.2 Å². The van der Waals surface area contributed by atoms with Gasteiger partial charge in [-0.25, -0.2) is 13.0 Å². The number of hydrogen-bond donors (Lipinski definition) is 3. The lowest BCUT2D eigenvalue weighted by molar-refractivity contribution is -0.118. The third-order valence-electron chi connectivity index (χ3n) is 7.30. The van der Waals surface area contributed by atoms with Crippen LogP contribution in [0.25, 0.3) is 0 Å². The number of nitrogens with zero attached hydrogens (tertiary/aromatic N) is 1. The van der Waals surface area contributed by atoms with E-state index in [0.717, 1.165) is 6.07 Å². The topological polar surface area (TPSA) is 94.0 Å². The van der Waals surface area contributed by atoms with Crippen LogP contribution in [0.15, 0.2) is 60.7 Å². The van der Waals surface area contributed by atoms with E-state index in [4.69, 9.17) is 23.2 Å². The molecule has 234 valence electrons. The van der Waals surface area contributed by atoms with Gasteiger partial charge in [-0.05, 0) is 59.9 Å². The molecule has 1 aliphatic heterocycles. The summed E-state index contributed by atoms with van der Waals surface area (Å²) in [6.07, 6.45) is 0.266. The zero-order valence-electron chi connectivity index (χ0n) is 23.5. The largest absolute Gasteiger partial charge is 0.490 e. The molecule has 0 radical (unpaired) electrons. The van der Waals surface area contributed by atoms with Crippen molar-refractivity contribution in [3.05, 3.63) is 93.5 Å². The summed E-state index contributed by atoms with van der Waals surface area (Å²) in [5, 5.41) is 16.5. The summed E-state index contributed by atoms with van der Waals surface area (Å²) in [7, 11) is -3.35. The molecule has 6 nitrogen and oxygen atoms in total. The Kier molecular flexibility index (Phi) is 9.66. The summed E-state index contributed by atoms with van der Waals surface area (Å²) >= 11 is 12.2. The Morgan fingerprint density at radius 1 is 1.05 bits per heavy atom. The summed E-state index contributed by atoms with van der Waals surface area (Å²) in [4.78, 5) is 13.9. The highest BCUT2D eigenvalue weighted by Crippen LogP contribution is 2.53. The van der Waals surface area contributed by atoms with E-state index < -0.39 is 62.9 Å². The molecule has 1 amide bonds. The van der Waals surface area contributed by atoms with Gasteiger partial charge in [0.05, 0.1) is 17.1 Å². The highest BCUT2D eigenvalue weighted by Gasteiger charge is 2.61. The second kappa shape index (κ2) is 12.6. The number of halogens is 7. The number of rotatable bonds is 7. The molecule has 3 N–H and O–H groups in total. The number of nitrogens with one attached hydrogen (secondary N) is 3. The van der Waals surface area contributed by atoms with Gasteiger partial charge in [0, 0.05) is 33.9 Å². The molecule has 3 aromatic rings. The van der Waals surface area contributed by atoms with Crippen LogP contribution in [0.1, 0.15) is 44.2 Å². The van der Waals surface area contributed by atoms with E-state index >= 15 is 8.78 Å². The van der Waals surface area contributed by atoms with E-state index in [1.807, 2.05) is 25.5 Å². The fraction of sp³-hybridized carbons (Fsp3) is 0.333. The van der Waals surface area contributed by atoms with Crippen molar-refractivity contribution in [1.29, 1.82) is 5.26 Å². The van der Waals surface area contributed by atoms with Crippen LogP contribution in [-0.4, -0.2) is 27.7 Å². The Hall–Kier alpha value is -3.24. The first kappa shape index (κ1) is 33.6. The van der Waals surface area contributed by atoms with Gasteiger partial charge in [0.15, 0.2) is 0 Å². The molecule has 0 aliphatic carbocycles. The predicted octanol–water partition coefficient (Wildman–Crippen LogP) is 7.83. The fourth-order valence-corrected chi connectivity index (χ4v) is 6.37. The van der Waals surface area contributed by atoms with Gasteiger partial charge in [-0.3, -0.25) is 9.52 Å². The van der Waals surface area contributed by atoms with Crippen LogP contribution in [0.2, 0.25) is 10.0 Å². The Bertz CT molecular complexity index is 1630. The number of alkyl halides is 3. The monoisotopic (exact) mass is 672 g/mol. The maximum atomic E-state index is 15.7. The van der Waals surface area contributed by atoms with Gasteiger partial charge in [-0.2, -0.15) is 18.4 Å². The van der Waals surface area contributed by atoms with Crippen molar-refractivity contribution in [3.63, 3.8) is 0 Å². The third kappa shape index (κ3) is 6.86. The maximum Gasteiger partial charge on any atom is 0.490 e. The second-order valence-electron chi connectivity index (χ2n) is 11.6. The molecule has 1 heterocycles. The maximum absolute atomic E-state index is 15.7. The smallest absolute Gasteiger partial charge is 0.325 e. The molecule has 5 atom stereocenters. The molecular weight excluding hydrogens is 646 g/mol. The number of nitriles is 1. The number of hydrogen-bond acceptors (Lipinski definition) is 4. The van der Waals surface area contributed by atoms with Crippen molar-refractivity contribution in [1.82, 2.24) is 5.32 Å². The molecule has 0 spiro atoms. The Morgan fingerprint density at radius 2 is 1.68 bits per heavy atom. The first-order chi connectivity index (χ1) is 20.5. The molecule has 44 heavy (non-hydrogen) atoms. The Labute approximate surface area is 263 Å². The average Bonchev–Trinajstić information content (AvgIpc) is 3.23. The lowest BCUT2D eigenvalue weighted by atomic mass is 9.62. The van der Waals surface area contributed by atoms with Gasteiger partial charge < -0.3 is 10.6 Å². The minimum atomic E-state index is -4.98. The van der Waals surface area contributed by atoms with Gasteiger partial charge in [0.2, 0.25) is 16.9 Å². The number of anilines is 2. The highest BCUT2D eigenvalue weighted by atomic mass is 35.5. The number of amides is 1. The molecule has 3 unspecified atom stereocenters. The van der Waals surface area contributed by atoms with Gasteiger partial charge >= 0.3 is 5.51 Å². The minimum Gasteiger partial charge on any atom is -0.325 e. The van der Waals surface area contributed by atoms with E-state index in [1.54, 1.807) is 0 Å². The van der Waals surface area contributed by atoms with Crippen molar-refractivity contribution in [2.24, 2.45) is 5.41 Å². The predicted molar refractivity (Wildman–Crippen MR) is 161 cm³/mol. The third-order valence-corrected chi connectivity index (χ3v) is 8.67. The van der Waals surface area contributed by atoms with Gasteiger partial charge in [0.1, 0.15) is 17.0 Å². The summed E-state index contributed by atoms with van der Waals surface area (Å²) in [6.45, 7) is 5.70. The second-order valence-corrected chi connectivity index (χ2v) is 13.6. The first-order valence-electron chi connectivity index (χ1n) is 13.2. The average molecular weight is 674 g/mol. The molecule has 1 saturated heterocycles. The number of carbonyl (C=O) groups excluding carboxylic acids is 1. The van der Waals surface area contributed by atoms with Crippen LogP contribution in [0.5, 0.6) is 0 Å². The Morgan fingerprint density at radius 3 is 2.25 bits per heavy atom. The zero-order valence-corrected chi connectivity index (χ0v) is 25.9. The molecule has 1 fully saturated rings.